The second-order valence-electron chi connectivity index (χ2n) is 5.83. The second kappa shape index (κ2) is 6.33. The first kappa shape index (κ1) is 18.8. The number of halogens is 1. The molecule has 0 fully saturated rings. The minimum absolute atomic E-state index is 0. The van der Waals surface area contributed by atoms with Crippen molar-refractivity contribution in [2.45, 2.75) is 18.7 Å². The Bertz CT molecular complexity index is 1270. The molecule has 2 aromatic carbocycles. The number of nitrogens with zero attached hydrogens (tertiary/aromatic N) is 1. The summed E-state index contributed by atoms with van der Waals surface area (Å²) in [5.41, 5.74) is 3.17. The fraction of sp³-hybridized carbons (Fsp3) is 0.118. The molecule has 5 nitrogen and oxygen atoms in total. The van der Waals surface area contributed by atoms with Crippen molar-refractivity contribution in [3.8, 4) is 0 Å². The number of aromatic amines is 1. The first-order valence-corrected chi connectivity index (χ1v) is 9.43. The zero-order chi connectivity index (χ0) is 17.2. The summed E-state index contributed by atoms with van der Waals surface area (Å²) in [4.78, 5) is 7.11. The molecular weight excluding hydrogens is 415 g/mol. The Kier molecular flexibility index (Phi) is 4.77. The number of nitrogens with one attached hydrogen (secondary N) is 1. The molecule has 0 aliphatic carbocycles. The number of hydrogen-bond acceptors (Lipinski definition) is 4. The predicted octanol–water partition coefficient (Wildman–Crippen LogP) is 1.16. The molecule has 0 bridgehead atoms. The molecule has 4 aromatic rings. The van der Waals surface area contributed by atoms with Crippen LogP contribution in [0.15, 0.2) is 40.0 Å². The van der Waals surface area contributed by atoms with Gasteiger partial charge in [-0.3, -0.25) is 4.98 Å². The summed E-state index contributed by atoms with van der Waals surface area (Å²) >= 11 is 3.31. The van der Waals surface area contributed by atoms with E-state index in [2.05, 4.69) is 25.9 Å². The van der Waals surface area contributed by atoms with Crippen molar-refractivity contribution >= 4 is 58.6 Å². The van der Waals surface area contributed by atoms with Crippen molar-refractivity contribution in [1.29, 1.82) is 0 Å². The van der Waals surface area contributed by atoms with Crippen LogP contribution in [-0.2, 0) is 10.1 Å². The Morgan fingerprint density at radius 2 is 1.80 bits per heavy atom. The third-order valence-corrected chi connectivity index (χ3v) is 5.80. The Balaban J connectivity index is 0.00000182. The fourth-order valence-corrected chi connectivity index (χ4v) is 4.68. The number of benzene rings is 2. The van der Waals surface area contributed by atoms with E-state index in [1.54, 1.807) is 12.4 Å². The van der Waals surface area contributed by atoms with Crippen LogP contribution in [0.5, 0.6) is 0 Å². The van der Waals surface area contributed by atoms with Gasteiger partial charge in [-0.2, -0.15) is 0 Å². The SMILES string of the molecule is Cc1c2ccncc2c(C)c2c1[nH]c1c(S(=O)(=O)[O-])cc(Br)cc12.[Na+]. The molecule has 0 radical (unpaired) electrons. The van der Waals surface area contributed by atoms with Crippen LogP contribution in [0, 0.1) is 13.8 Å². The summed E-state index contributed by atoms with van der Waals surface area (Å²) in [7, 11) is -4.60. The number of pyridine rings is 1. The Hall–Kier alpha value is -0.960. The van der Waals surface area contributed by atoms with Crippen LogP contribution in [0.4, 0.5) is 0 Å². The second-order valence-corrected chi connectivity index (χ2v) is 8.09. The van der Waals surface area contributed by atoms with E-state index in [0.29, 0.717) is 15.4 Å². The summed E-state index contributed by atoms with van der Waals surface area (Å²) in [5.74, 6) is 0. The molecular formula is C17H12BrN2NaO3S. The standard InChI is InChI=1S/C17H13BrN2O3S.Na/c1-8-13-7-19-4-3-11(13)9(2)16-15(8)12-5-10(18)6-14(17(12)20-16)24(21,22)23;/h3-7,20H,1-2H3,(H,21,22,23);/q;+1/p-1. The van der Waals surface area contributed by atoms with Crippen LogP contribution in [0.2, 0.25) is 0 Å². The molecule has 8 heteroatoms. The van der Waals surface area contributed by atoms with Crippen LogP contribution in [0.3, 0.4) is 0 Å². The quantitative estimate of drug-likeness (QED) is 0.365. The number of H-pyrrole nitrogens is 1. The van der Waals surface area contributed by atoms with Crippen molar-refractivity contribution in [1.82, 2.24) is 9.97 Å². The summed E-state index contributed by atoms with van der Waals surface area (Å²) in [6.07, 6.45) is 3.53. The summed E-state index contributed by atoms with van der Waals surface area (Å²) < 4.78 is 35.6. The van der Waals surface area contributed by atoms with Crippen LogP contribution < -0.4 is 29.6 Å². The molecule has 0 saturated carbocycles. The molecule has 0 aliphatic heterocycles. The van der Waals surface area contributed by atoms with Gasteiger partial charge in [0, 0.05) is 33.0 Å². The maximum absolute atomic E-state index is 11.7. The zero-order valence-corrected chi connectivity index (χ0v) is 18.2. The number of aromatic nitrogens is 2. The third-order valence-electron chi connectivity index (χ3n) is 4.48. The maximum Gasteiger partial charge on any atom is 1.00 e. The summed E-state index contributed by atoms with van der Waals surface area (Å²) in [6.45, 7) is 3.95. The minimum atomic E-state index is -4.60. The largest absolute Gasteiger partial charge is 1.00 e. The smallest absolute Gasteiger partial charge is 0.744 e. The van der Waals surface area contributed by atoms with Gasteiger partial charge in [-0.05, 0) is 48.6 Å². The predicted molar refractivity (Wildman–Crippen MR) is 96.2 cm³/mol. The molecule has 1 N–H and O–H groups in total. The van der Waals surface area contributed by atoms with Gasteiger partial charge in [0.15, 0.2) is 0 Å². The van der Waals surface area contributed by atoms with Gasteiger partial charge in [-0.25, -0.2) is 8.42 Å². The average molecular weight is 427 g/mol. The van der Waals surface area contributed by atoms with Gasteiger partial charge in [0.05, 0.1) is 15.9 Å². The maximum atomic E-state index is 11.7. The average Bonchev–Trinajstić information content (AvgIpc) is 2.90. The van der Waals surface area contributed by atoms with E-state index in [1.165, 1.54) is 6.07 Å². The molecule has 4 rings (SSSR count). The first-order valence-electron chi connectivity index (χ1n) is 7.22. The normalized spacial score (nSPS) is 12.0. The van der Waals surface area contributed by atoms with E-state index in [1.807, 2.05) is 26.0 Å². The number of aryl methyl sites for hydroxylation is 2. The van der Waals surface area contributed by atoms with E-state index >= 15 is 0 Å². The summed E-state index contributed by atoms with van der Waals surface area (Å²) in [5, 5.41) is 3.68. The van der Waals surface area contributed by atoms with Gasteiger partial charge in [-0.15, -0.1) is 0 Å². The first-order chi connectivity index (χ1) is 11.3. The van der Waals surface area contributed by atoms with Crippen molar-refractivity contribution in [3.05, 3.63) is 46.2 Å². The van der Waals surface area contributed by atoms with Crippen molar-refractivity contribution in [3.63, 3.8) is 0 Å². The summed E-state index contributed by atoms with van der Waals surface area (Å²) in [6, 6.07) is 5.10. The Morgan fingerprint density at radius 3 is 2.48 bits per heavy atom. The van der Waals surface area contributed by atoms with E-state index in [9.17, 15) is 13.0 Å². The van der Waals surface area contributed by atoms with Gasteiger partial charge in [-0.1, -0.05) is 15.9 Å². The van der Waals surface area contributed by atoms with E-state index in [0.717, 1.165) is 32.8 Å². The number of fused-ring (bicyclic) bond motifs is 4. The molecule has 0 aliphatic rings. The van der Waals surface area contributed by atoms with Crippen molar-refractivity contribution in [2.75, 3.05) is 0 Å². The van der Waals surface area contributed by atoms with Gasteiger partial charge in [0.25, 0.3) is 0 Å². The third kappa shape index (κ3) is 2.83. The molecule has 0 saturated heterocycles. The molecule has 2 heterocycles. The molecule has 0 spiro atoms. The Morgan fingerprint density at radius 1 is 1.08 bits per heavy atom. The molecule has 25 heavy (non-hydrogen) atoms. The number of rotatable bonds is 1. The molecule has 0 atom stereocenters. The van der Waals surface area contributed by atoms with Crippen LogP contribution in [0.25, 0.3) is 32.6 Å². The minimum Gasteiger partial charge on any atom is -0.744 e. The molecule has 0 amide bonds. The van der Waals surface area contributed by atoms with Gasteiger partial charge < -0.3 is 9.54 Å². The van der Waals surface area contributed by atoms with E-state index < -0.39 is 10.1 Å². The van der Waals surface area contributed by atoms with Crippen LogP contribution in [0.1, 0.15) is 11.1 Å². The van der Waals surface area contributed by atoms with Gasteiger partial charge >= 0.3 is 29.6 Å². The molecule has 122 valence electrons. The zero-order valence-electron chi connectivity index (χ0n) is 13.8. The van der Waals surface area contributed by atoms with Crippen LogP contribution in [-0.4, -0.2) is 22.9 Å². The monoisotopic (exact) mass is 426 g/mol. The van der Waals surface area contributed by atoms with E-state index in [4.69, 9.17) is 0 Å². The fourth-order valence-electron chi connectivity index (χ4n) is 3.39. The number of hydrogen-bond donors (Lipinski definition) is 1. The van der Waals surface area contributed by atoms with Gasteiger partial charge in [0.1, 0.15) is 10.1 Å². The van der Waals surface area contributed by atoms with E-state index in [-0.39, 0.29) is 34.5 Å². The van der Waals surface area contributed by atoms with Gasteiger partial charge in [0.2, 0.25) is 0 Å². The molecule has 2 aromatic heterocycles. The Labute approximate surface area is 175 Å². The topological polar surface area (TPSA) is 85.9 Å². The van der Waals surface area contributed by atoms with Crippen molar-refractivity contribution in [2.24, 2.45) is 0 Å². The van der Waals surface area contributed by atoms with Crippen LogP contribution >= 0.6 is 15.9 Å². The van der Waals surface area contributed by atoms with Crippen molar-refractivity contribution < 1.29 is 42.5 Å². The molecule has 0 unspecified atom stereocenters.